The third-order valence-corrected chi connectivity index (χ3v) is 3.69. The maximum absolute atomic E-state index is 13.2. The zero-order valence-electron chi connectivity index (χ0n) is 11.1. The number of halogens is 2. The quantitative estimate of drug-likeness (QED) is 0.859. The van der Waals surface area contributed by atoms with Gasteiger partial charge in [-0.15, -0.1) is 0 Å². The lowest BCUT2D eigenvalue weighted by Gasteiger charge is -2.31. The second-order valence-corrected chi connectivity index (χ2v) is 5.13. The van der Waals surface area contributed by atoms with Crippen LogP contribution < -0.4 is 10.5 Å². The Bertz CT molecular complexity index is 657. The van der Waals surface area contributed by atoms with Gasteiger partial charge >= 0.3 is 0 Å². The minimum Gasteiger partial charge on any atom is -0.485 e. The molecule has 3 rings (SSSR count). The third-order valence-electron chi connectivity index (χ3n) is 3.69. The van der Waals surface area contributed by atoms with E-state index in [1.807, 2.05) is 6.92 Å². The van der Waals surface area contributed by atoms with E-state index < -0.39 is 0 Å². The Kier molecular flexibility index (Phi) is 3.18. The summed E-state index contributed by atoms with van der Waals surface area (Å²) in [4.78, 5) is 0. The van der Waals surface area contributed by atoms with Crippen molar-refractivity contribution in [2.24, 2.45) is 5.73 Å². The van der Waals surface area contributed by atoms with Crippen molar-refractivity contribution in [2.75, 3.05) is 0 Å². The van der Waals surface area contributed by atoms with Crippen molar-refractivity contribution in [3.05, 3.63) is 64.7 Å². The fourth-order valence-electron chi connectivity index (χ4n) is 2.67. The Labute approximate surface area is 116 Å². The Hall–Kier alpha value is -1.94. The molecule has 4 heteroatoms. The van der Waals surface area contributed by atoms with Crippen molar-refractivity contribution in [1.29, 1.82) is 0 Å². The summed E-state index contributed by atoms with van der Waals surface area (Å²) < 4.78 is 32.3. The van der Waals surface area contributed by atoms with Gasteiger partial charge in [0.05, 0.1) is 0 Å². The van der Waals surface area contributed by atoms with Gasteiger partial charge in [0.1, 0.15) is 23.5 Å². The predicted octanol–water partition coefficient (Wildman–Crippen LogP) is 3.80. The highest BCUT2D eigenvalue weighted by atomic mass is 19.1. The lowest BCUT2D eigenvalue weighted by Crippen LogP contribution is -2.24. The summed E-state index contributed by atoms with van der Waals surface area (Å²) in [6, 6.07) is 8.68. The molecule has 2 N–H and O–H groups in total. The fraction of sp³-hybridized carbons (Fsp3) is 0.250. The lowest BCUT2D eigenvalue weighted by molar-refractivity contribution is 0.160. The minimum atomic E-state index is -0.320. The van der Waals surface area contributed by atoms with Crippen LogP contribution in [0.5, 0.6) is 5.75 Å². The molecule has 0 aromatic heterocycles. The largest absolute Gasteiger partial charge is 0.485 e. The molecule has 1 aliphatic heterocycles. The summed E-state index contributed by atoms with van der Waals surface area (Å²) in [5.41, 5.74) is 8.52. The van der Waals surface area contributed by atoms with Gasteiger partial charge in [-0.2, -0.15) is 0 Å². The second-order valence-electron chi connectivity index (χ2n) is 5.13. The molecule has 0 saturated heterocycles. The first-order valence-electron chi connectivity index (χ1n) is 6.52. The monoisotopic (exact) mass is 275 g/mol. The summed E-state index contributed by atoms with van der Waals surface area (Å²) in [5.74, 6) is 0.00640. The van der Waals surface area contributed by atoms with E-state index in [-0.39, 0.29) is 23.8 Å². The Morgan fingerprint density at radius 1 is 1.05 bits per heavy atom. The first-order valence-corrected chi connectivity index (χ1v) is 6.52. The lowest BCUT2D eigenvalue weighted by atomic mass is 9.91. The van der Waals surface area contributed by atoms with Crippen molar-refractivity contribution in [2.45, 2.75) is 25.5 Å². The molecular weight excluding hydrogens is 260 g/mol. The average Bonchev–Trinajstić information content (AvgIpc) is 2.39. The Morgan fingerprint density at radius 2 is 1.75 bits per heavy atom. The Morgan fingerprint density at radius 3 is 2.50 bits per heavy atom. The molecule has 0 radical (unpaired) electrons. The molecule has 1 aliphatic rings. The molecule has 20 heavy (non-hydrogen) atoms. The summed E-state index contributed by atoms with van der Waals surface area (Å²) in [6.45, 7) is 1.84. The molecule has 0 saturated carbocycles. The van der Waals surface area contributed by atoms with E-state index in [0.29, 0.717) is 17.7 Å². The van der Waals surface area contributed by atoms with E-state index in [1.54, 1.807) is 12.1 Å². The number of rotatable bonds is 1. The zero-order chi connectivity index (χ0) is 14.3. The normalized spacial score (nSPS) is 21.2. The number of aryl methyl sites for hydroxylation is 1. The van der Waals surface area contributed by atoms with Crippen molar-refractivity contribution < 1.29 is 13.5 Å². The van der Waals surface area contributed by atoms with Crippen LogP contribution in [0.15, 0.2) is 36.4 Å². The predicted molar refractivity (Wildman–Crippen MR) is 72.5 cm³/mol. The maximum atomic E-state index is 13.2. The van der Waals surface area contributed by atoms with E-state index in [4.69, 9.17) is 10.5 Å². The van der Waals surface area contributed by atoms with Crippen LogP contribution in [-0.2, 0) is 0 Å². The number of benzene rings is 2. The van der Waals surface area contributed by atoms with Crippen molar-refractivity contribution in [1.82, 2.24) is 0 Å². The van der Waals surface area contributed by atoms with Crippen LogP contribution in [0, 0.1) is 18.6 Å². The van der Waals surface area contributed by atoms with Gasteiger partial charge in [0, 0.05) is 18.0 Å². The first kappa shape index (κ1) is 13.1. The molecule has 0 bridgehead atoms. The summed E-state index contributed by atoms with van der Waals surface area (Å²) in [5, 5.41) is 0. The number of fused-ring (bicyclic) bond motifs is 1. The van der Waals surface area contributed by atoms with E-state index in [1.165, 1.54) is 24.3 Å². The van der Waals surface area contributed by atoms with Crippen LogP contribution in [0.1, 0.15) is 35.3 Å². The van der Waals surface area contributed by atoms with Gasteiger partial charge in [0.15, 0.2) is 0 Å². The van der Waals surface area contributed by atoms with E-state index in [0.717, 1.165) is 11.1 Å². The molecule has 0 fully saturated rings. The van der Waals surface area contributed by atoms with Gasteiger partial charge in [-0.3, -0.25) is 0 Å². The standard InChI is InChI=1S/C16H15F2NO/c1-9-6-10(17)2-4-12(9)16-8-14(19)13-7-11(18)3-5-15(13)20-16/h2-7,14,16H,8,19H2,1H3. The molecule has 2 nitrogen and oxygen atoms in total. The molecule has 2 unspecified atom stereocenters. The third kappa shape index (κ3) is 2.27. The molecule has 0 amide bonds. The number of hydrogen-bond donors (Lipinski definition) is 1. The van der Waals surface area contributed by atoms with Gasteiger partial charge < -0.3 is 10.5 Å². The molecule has 2 aromatic rings. The second kappa shape index (κ2) is 4.87. The number of hydrogen-bond acceptors (Lipinski definition) is 2. The van der Waals surface area contributed by atoms with Crippen molar-refractivity contribution in [3.63, 3.8) is 0 Å². The Balaban J connectivity index is 1.97. The SMILES string of the molecule is Cc1cc(F)ccc1C1CC(N)c2cc(F)ccc2O1. The molecule has 1 heterocycles. The number of nitrogens with two attached hydrogens (primary N) is 1. The molecule has 0 aliphatic carbocycles. The van der Waals surface area contributed by atoms with Gasteiger partial charge in [-0.05, 0) is 48.4 Å². The van der Waals surface area contributed by atoms with Crippen molar-refractivity contribution in [3.8, 4) is 5.75 Å². The molecule has 2 atom stereocenters. The minimum absolute atomic E-state index is 0.233. The van der Waals surface area contributed by atoms with E-state index in [9.17, 15) is 8.78 Å². The highest BCUT2D eigenvalue weighted by molar-refractivity contribution is 5.40. The summed E-state index contributed by atoms with van der Waals surface area (Å²) in [7, 11) is 0. The zero-order valence-corrected chi connectivity index (χ0v) is 11.1. The van der Waals surface area contributed by atoms with Crippen molar-refractivity contribution >= 4 is 0 Å². The highest BCUT2D eigenvalue weighted by Crippen LogP contribution is 2.40. The molecular formula is C16H15F2NO. The topological polar surface area (TPSA) is 35.2 Å². The van der Waals surface area contributed by atoms with Crippen LogP contribution in [0.25, 0.3) is 0 Å². The van der Waals surface area contributed by atoms with Gasteiger partial charge in [0.2, 0.25) is 0 Å². The van der Waals surface area contributed by atoms with Gasteiger partial charge in [-0.25, -0.2) is 8.78 Å². The van der Waals surface area contributed by atoms with Crippen LogP contribution in [0.3, 0.4) is 0 Å². The number of ether oxygens (including phenoxy) is 1. The molecule has 2 aromatic carbocycles. The molecule has 0 spiro atoms. The fourth-order valence-corrected chi connectivity index (χ4v) is 2.67. The summed E-state index contributed by atoms with van der Waals surface area (Å²) in [6.07, 6.45) is 0.312. The highest BCUT2D eigenvalue weighted by Gasteiger charge is 2.28. The molecule has 104 valence electrons. The maximum Gasteiger partial charge on any atom is 0.126 e. The van der Waals surface area contributed by atoms with Gasteiger partial charge in [0.25, 0.3) is 0 Å². The van der Waals surface area contributed by atoms with Crippen LogP contribution in [-0.4, -0.2) is 0 Å². The van der Waals surface area contributed by atoms with Crippen LogP contribution in [0.2, 0.25) is 0 Å². The van der Waals surface area contributed by atoms with E-state index >= 15 is 0 Å². The smallest absolute Gasteiger partial charge is 0.126 e. The van der Waals surface area contributed by atoms with Gasteiger partial charge in [-0.1, -0.05) is 6.07 Å². The van der Waals surface area contributed by atoms with Crippen LogP contribution >= 0.6 is 0 Å². The summed E-state index contributed by atoms with van der Waals surface area (Å²) >= 11 is 0. The average molecular weight is 275 g/mol. The van der Waals surface area contributed by atoms with Crippen LogP contribution in [0.4, 0.5) is 8.78 Å². The van der Waals surface area contributed by atoms with E-state index in [2.05, 4.69) is 0 Å². The first-order chi connectivity index (χ1) is 9.54.